The Morgan fingerprint density at radius 2 is 1.09 bits per heavy atom. The molecular formula is C72H101N17O26. The number of Topliss-reactive ketones (excluding diaryl/α,β-unsaturated/α-hetero) is 1. The second-order valence-corrected chi connectivity index (χ2v) is 27.2. The van der Waals surface area contributed by atoms with E-state index < -0.39 is 261 Å². The fourth-order valence-corrected chi connectivity index (χ4v) is 11.7. The number of fused-ring (bicyclic) bond motifs is 1. The van der Waals surface area contributed by atoms with E-state index in [-0.39, 0.29) is 37.1 Å². The lowest BCUT2D eigenvalue weighted by molar-refractivity contribution is -0.156. The number of nitrogens with one attached hydrogen (secondary N) is 14. The number of rotatable bonds is 35. The van der Waals surface area contributed by atoms with Gasteiger partial charge in [-0.1, -0.05) is 82.7 Å². The van der Waals surface area contributed by atoms with Crippen LogP contribution in [0.4, 0.5) is 5.69 Å². The molecular weight excluding hydrogens is 1520 g/mol. The lowest BCUT2D eigenvalue weighted by Gasteiger charge is -2.30. The number of benzene rings is 2. The van der Waals surface area contributed by atoms with Gasteiger partial charge in [0.05, 0.1) is 51.8 Å². The van der Waals surface area contributed by atoms with Crippen LogP contribution in [0.5, 0.6) is 0 Å². The number of aromatic amines is 1. The molecule has 0 radical (unpaired) electrons. The summed E-state index contributed by atoms with van der Waals surface area (Å²) < 4.78 is 5.68. The molecule has 115 heavy (non-hydrogen) atoms. The number of ether oxygens (including phenoxy) is 1. The largest absolute Gasteiger partial charge is 0.481 e. The van der Waals surface area contributed by atoms with Gasteiger partial charge in [-0.15, -0.1) is 0 Å². The van der Waals surface area contributed by atoms with Crippen molar-refractivity contribution in [1.82, 2.24) is 74.1 Å². The van der Waals surface area contributed by atoms with Crippen LogP contribution in [0, 0.1) is 5.92 Å². The number of hydrogen-bond acceptors (Lipinski definition) is 24. The molecule has 43 heteroatoms. The highest BCUT2D eigenvalue weighted by atomic mass is 16.5. The van der Waals surface area contributed by atoms with Crippen molar-refractivity contribution < 1.29 is 126 Å². The molecule has 3 aromatic rings. The van der Waals surface area contributed by atoms with Gasteiger partial charge in [-0.25, -0.2) is 4.79 Å². The summed E-state index contributed by atoms with van der Waals surface area (Å²) in [5, 5.41) is 78.7. The average molecular weight is 1620 g/mol. The summed E-state index contributed by atoms with van der Waals surface area (Å²) >= 11 is 0. The van der Waals surface area contributed by atoms with Crippen molar-refractivity contribution in [2.45, 2.75) is 209 Å². The van der Waals surface area contributed by atoms with Gasteiger partial charge >= 0.3 is 29.8 Å². The monoisotopic (exact) mass is 1620 g/mol. The molecule has 0 bridgehead atoms. The Morgan fingerprint density at radius 1 is 0.548 bits per heavy atom. The van der Waals surface area contributed by atoms with Gasteiger partial charge in [-0.3, -0.25) is 91.1 Å². The lowest BCUT2D eigenvalue weighted by Crippen LogP contribution is -2.62. The molecule has 14 amide bonds. The number of anilines is 1. The number of aliphatic hydroxyl groups is 1. The number of unbranched alkanes of at least 4 members (excludes halogenated alkanes) is 6. The second-order valence-electron chi connectivity index (χ2n) is 27.2. The molecule has 1 aliphatic rings. The van der Waals surface area contributed by atoms with Crippen molar-refractivity contribution in [3.8, 4) is 0 Å². The molecule has 2 aromatic carbocycles. The number of carbonyl (C=O) groups is 20. The topological polar surface area (TPSA) is 702 Å². The van der Waals surface area contributed by atoms with E-state index in [1.54, 1.807) is 30.5 Å². The van der Waals surface area contributed by atoms with Crippen LogP contribution >= 0.6 is 0 Å². The van der Waals surface area contributed by atoms with Crippen LogP contribution in [0.3, 0.4) is 0 Å². The third-order valence-corrected chi connectivity index (χ3v) is 17.9. The molecule has 0 spiro atoms. The van der Waals surface area contributed by atoms with E-state index in [0.29, 0.717) is 29.3 Å². The zero-order valence-corrected chi connectivity index (χ0v) is 63.6. The first-order valence-electron chi connectivity index (χ1n) is 36.8. The number of para-hydroxylation sites is 2. The summed E-state index contributed by atoms with van der Waals surface area (Å²) in [5.74, 6) is -29.7. The maximum absolute atomic E-state index is 14.8. The van der Waals surface area contributed by atoms with Crippen molar-refractivity contribution in [2.75, 3.05) is 32.0 Å². The molecule has 25 N–H and O–H groups in total. The predicted molar refractivity (Wildman–Crippen MR) is 400 cm³/mol. The molecule has 43 nitrogen and oxygen atoms in total. The number of cyclic esters (lactones) is 1. The maximum atomic E-state index is 14.8. The van der Waals surface area contributed by atoms with Crippen molar-refractivity contribution in [3.63, 3.8) is 0 Å². The Hall–Kier alpha value is -12.7. The van der Waals surface area contributed by atoms with Gasteiger partial charge < -0.3 is 122 Å². The fourth-order valence-electron chi connectivity index (χ4n) is 11.7. The molecule has 2 heterocycles. The number of nitrogens with two attached hydrogens (primary N) is 3. The molecule has 1 saturated heterocycles. The van der Waals surface area contributed by atoms with Gasteiger partial charge in [0.15, 0.2) is 5.78 Å². The maximum Gasteiger partial charge on any atom is 0.329 e. The Balaban J connectivity index is 1.87. The number of aliphatic hydroxyl groups excluding tert-OH is 1. The van der Waals surface area contributed by atoms with E-state index >= 15 is 0 Å². The minimum atomic E-state index is -2.45. The Morgan fingerprint density at radius 3 is 1.69 bits per heavy atom. The summed E-state index contributed by atoms with van der Waals surface area (Å²) in [6, 6.07) is -10.5. The number of amides is 14. The number of ketones is 1. The normalized spacial score (nSPS) is 21.2. The number of carboxylic acids is 4. The van der Waals surface area contributed by atoms with Gasteiger partial charge in [0.1, 0.15) is 72.6 Å². The minimum absolute atomic E-state index is 0.0186. The number of aliphatic carboxylic acids is 4. The molecule has 3 unspecified atom stereocenters. The molecule has 1 aliphatic heterocycles. The number of nitrogen functional groups attached to an aromatic ring is 1. The lowest BCUT2D eigenvalue weighted by atomic mass is 9.96. The van der Waals surface area contributed by atoms with Crippen molar-refractivity contribution >= 4 is 135 Å². The van der Waals surface area contributed by atoms with E-state index in [1.165, 1.54) is 24.3 Å². The SMILES string of the molecule is CCCCCCCCCC(=O)N[C@@H](Cc1c[nH]c2ccccc12)C(=O)N[C@@H](CC(N)=O)C(=O)N[C@@H](CC(=O)O)C(=O)NC1C(=O)NCC(=O)N[C@@H](CCCN)C(=O)N[C@@H](CC(=O)O)C(=O)N[C@H](C)C(=O)N[C@@H](CC(=O)O)C(=O)NCC(=O)N[C@H](CO)C(=O)N[C@H](C(C)CC(=O)O)C(=O)N[C@@H](CC(=O)c2ccccc2N)C(=O)OC1C. The van der Waals surface area contributed by atoms with Crippen molar-refractivity contribution in [1.29, 1.82) is 0 Å². The highest BCUT2D eigenvalue weighted by molar-refractivity contribution is 6.05. The zero-order valence-electron chi connectivity index (χ0n) is 63.6. The number of esters is 1. The van der Waals surface area contributed by atoms with Crippen LogP contribution < -0.4 is 86.3 Å². The summed E-state index contributed by atoms with van der Waals surface area (Å²) in [6.45, 7) is 1.11. The third kappa shape index (κ3) is 32.5. The number of aromatic nitrogens is 1. The van der Waals surface area contributed by atoms with Crippen LogP contribution in [0.15, 0.2) is 54.7 Å². The van der Waals surface area contributed by atoms with Crippen LogP contribution in [0.2, 0.25) is 0 Å². The number of carboxylic acid groups (broad SMARTS) is 4. The van der Waals surface area contributed by atoms with Gasteiger partial charge in [0.2, 0.25) is 82.7 Å². The van der Waals surface area contributed by atoms with Gasteiger partial charge in [0, 0.05) is 47.6 Å². The van der Waals surface area contributed by atoms with Gasteiger partial charge in [-0.05, 0) is 69.3 Å². The van der Waals surface area contributed by atoms with E-state index in [0.717, 1.165) is 52.9 Å². The Bertz CT molecular complexity index is 4040. The molecule has 0 saturated carbocycles. The van der Waals surface area contributed by atoms with E-state index in [4.69, 9.17) is 21.9 Å². The number of carbonyl (C=O) groups excluding carboxylic acids is 16. The summed E-state index contributed by atoms with van der Waals surface area (Å²) in [7, 11) is 0. The second kappa shape index (κ2) is 47.6. The smallest absolute Gasteiger partial charge is 0.329 e. The van der Waals surface area contributed by atoms with Gasteiger partial charge in [-0.2, -0.15) is 0 Å². The standard InChI is InChI=1S/C72H101N17O26/c1-5-6-7-8-9-10-11-22-53(93)81-44(25-38-31-76-42-20-15-13-17-39(38)42)66(108)84-45(27-52(75)92)67(109)86-48(30-59(102)103)68(110)89-61-37(4)115-72(114)49(26-51(91)40-18-12-14-19-41(40)74)87-71(113)60(35(2)24-56(96)97)88-69(111)50(34-90)82-55(95)32-77-63(105)46(28-57(98)99)83-62(104)36(3)79-65(107)47(29-58(100)101)85-64(106)43(21-16-23-73)80-54(94)33-78-70(61)112/h12-15,17-20,31,35-37,43-50,60-61,76,90H,5-11,16,21-30,32-34,73-74H2,1-4H3,(H2,75,92)(H,77,105)(H,78,112)(H,79,107)(H,80,94)(H,81,93)(H,82,95)(H,83,104)(H,84,108)(H,85,106)(H,86,109)(H,87,113)(H,88,111)(H,89,110)(H,96,97)(H,98,99)(H,100,101)(H,102,103)/t35?,36-,37?,43+,44+,45+,46+,47+,48+,49+,50-,60-,61?/m1/s1. The van der Waals surface area contributed by atoms with Crippen molar-refractivity contribution in [2.24, 2.45) is 17.4 Å². The van der Waals surface area contributed by atoms with E-state index in [9.17, 15) is 121 Å². The van der Waals surface area contributed by atoms with E-state index in [1.807, 2.05) is 16.0 Å². The van der Waals surface area contributed by atoms with Gasteiger partial charge in [0.25, 0.3) is 0 Å². The highest BCUT2D eigenvalue weighted by Gasteiger charge is 2.41. The van der Waals surface area contributed by atoms with Crippen LogP contribution in [-0.4, -0.2) is 248 Å². The molecule has 1 aromatic heterocycles. The van der Waals surface area contributed by atoms with Crippen molar-refractivity contribution in [3.05, 3.63) is 65.9 Å². The molecule has 1 fully saturated rings. The summed E-state index contributed by atoms with van der Waals surface area (Å²) in [4.78, 5) is 276. The number of hydrogen-bond donors (Lipinski definition) is 22. The minimum Gasteiger partial charge on any atom is -0.481 e. The quantitative estimate of drug-likeness (QED) is 0.0113. The molecule has 630 valence electrons. The first-order chi connectivity index (χ1) is 54.4. The number of primary amides is 1. The third-order valence-electron chi connectivity index (χ3n) is 17.9. The summed E-state index contributed by atoms with van der Waals surface area (Å²) in [5.41, 5.74) is 18.1. The average Bonchev–Trinajstić information content (AvgIpc) is 1.72. The fraction of sp³-hybridized carbons (Fsp3) is 0.528. The van der Waals surface area contributed by atoms with E-state index in [2.05, 4.69) is 65.1 Å². The molecule has 13 atom stereocenters. The molecule has 0 aliphatic carbocycles. The Labute approximate surface area is 657 Å². The highest BCUT2D eigenvalue weighted by Crippen LogP contribution is 2.22. The molecule has 4 rings (SSSR count). The number of H-pyrrole nitrogens is 1. The van der Waals surface area contributed by atoms with Crippen LogP contribution in [0.25, 0.3) is 10.9 Å². The summed E-state index contributed by atoms with van der Waals surface area (Å²) in [6.07, 6.45) is -2.33. The van der Waals surface area contributed by atoms with Crippen LogP contribution in [0.1, 0.15) is 146 Å². The zero-order chi connectivity index (χ0) is 85.8. The predicted octanol–water partition coefficient (Wildman–Crippen LogP) is -5.62. The Kier molecular flexibility index (Phi) is 39.2. The first kappa shape index (κ1) is 94.7. The van der Waals surface area contributed by atoms with Crippen LogP contribution in [-0.2, 0) is 102 Å². The first-order valence-corrected chi connectivity index (χ1v) is 36.8.